The van der Waals surface area contributed by atoms with Crippen LogP contribution in [0.4, 0.5) is 5.69 Å². The number of hydrogen-bond donors (Lipinski definition) is 0. The zero-order valence-electron chi connectivity index (χ0n) is 12.9. The van der Waals surface area contributed by atoms with E-state index in [0.29, 0.717) is 17.8 Å². The lowest BCUT2D eigenvalue weighted by molar-refractivity contribution is 0.0716. The second-order valence-corrected chi connectivity index (χ2v) is 7.73. The van der Waals surface area contributed by atoms with Gasteiger partial charge < -0.3 is 9.80 Å². The monoisotopic (exact) mass is 332 g/mol. The number of carbonyl (C=O) groups is 1. The SMILES string of the molecule is CCN(C(=O)c1ccc(N(C)C)c(S(=O)(=O)Cl)c1)C(C)C. The fourth-order valence-electron chi connectivity index (χ4n) is 2.12. The zero-order chi connectivity index (χ0) is 16.4. The molecule has 0 fully saturated rings. The largest absolute Gasteiger partial charge is 0.377 e. The molecule has 0 saturated heterocycles. The predicted molar refractivity (Wildman–Crippen MR) is 85.7 cm³/mol. The first-order valence-electron chi connectivity index (χ1n) is 6.66. The fourth-order valence-corrected chi connectivity index (χ4v) is 3.26. The molecule has 0 aliphatic rings. The van der Waals surface area contributed by atoms with Crippen LogP contribution in [0.15, 0.2) is 23.1 Å². The van der Waals surface area contributed by atoms with Crippen LogP contribution in [-0.2, 0) is 9.05 Å². The number of halogens is 1. The van der Waals surface area contributed by atoms with Crippen molar-refractivity contribution in [1.82, 2.24) is 4.90 Å². The molecule has 21 heavy (non-hydrogen) atoms. The van der Waals surface area contributed by atoms with Gasteiger partial charge in [-0.1, -0.05) is 0 Å². The highest BCUT2D eigenvalue weighted by molar-refractivity contribution is 8.13. The van der Waals surface area contributed by atoms with E-state index in [1.807, 2.05) is 20.8 Å². The van der Waals surface area contributed by atoms with Gasteiger partial charge in [0.05, 0.1) is 5.69 Å². The van der Waals surface area contributed by atoms with E-state index in [9.17, 15) is 13.2 Å². The van der Waals surface area contributed by atoms with Gasteiger partial charge in [0.25, 0.3) is 15.0 Å². The van der Waals surface area contributed by atoms with Gasteiger partial charge in [-0.05, 0) is 39.0 Å². The maximum Gasteiger partial charge on any atom is 0.263 e. The molecule has 0 heterocycles. The van der Waals surface area contributed by atoms with Crippen molar-refractivity contribution in [2.75, 3.05) is 25.5 Å². The normalized spacial score (nSPS) is 11.6. The summed E-state index contributed by atoms with van der Waals surface area (Å²) in [7, 11) is 4.99. The van der Waals surface area contributed by atoms with Crippen LogP contribution >= 0.6 is 10.7 Å². The number of carbonyl (C=O) groups excluding carboxylic acids is 1. The van der Waals surface area contributed by atoms with Crippen molar-refractivity contribution in [1.29, 1.82) is 0 Å². The third-order valence-electron chi connectivity index (χ3n) is 3.18. The molecule has 1 aromatic carbocycles. The number of rotatable bonds is 5. The molecule has 0 bridgehead atoms. The van der Waals surface area contributed by atoms with Gasteiger partial charge in [0, 0.05) is 42.9 Å². The fraction of sp³-hybridized carbons (Fsp3) is 0.500. The van der Waals surface area contributed by atoms with Crippen LogP contribution in [0.5, 0.6) is 0 Å². The molecule has 1 aromatic rings. The van der Waals surface area contributed by atoms with E-state index in [0.717, 1.165) is 0 Å². The Bertz CT molecular complexity index is 627. The number of anilines is 1. The molecule has 7 heteroatoms. The van der Waals surface area contributed by atoms with Gasteiger partial charge in [0.15, 0.2) is 0 Å². The van der Waals surface area contributed by atoms with Crippen molar-refractivity contribution < 1.29 is 13.2 Å². The zero-order valence-corrected chi connectivity index (χ0v) is 14.5. The highest BCUT2D eigenvalue weighted by atomic mass is 35.7. The average Bonchev–Trinajstić information content (AvgIpc) is 2.37. The molecule has 0 aliphatic heterocycles. The topological polar surface area (TPSA) is 57.7 Å². The molecule has 0 unspecified atom stereocenters. The van der Waals surface area contributed by atoms with Crippen LogP contribution in [-0.4, -0.2) is 45.9 Å². The number of benzene rings is 1. The van der Waals surface area contributed by atoms with Crippen molar-refractivity contribution in [3.05, 3.63) is 23.8 Å². The molecule has 0 spiro atoms. The summed E-state index contributed by atoms with van der Waals surface area (Å²) in [6.45, 7) is 6.25. The molecule has 0 N–H and O–H groups in total. The van der Waals surface area contributed by atoms with Gasteiger partial charge >= 0.3 is 0 Å². The summed E-state index contributed by atoms with van der Waals surface area (Å²) in [4.78, 5) is 15.7. The molecule has 0 aliphatic carbocycles. The van der Waals surface area contributed by atoms with E-state index >= 15 is 0 Å². The second kappa shape index (κ2) is 6.66. The van der Waals surface area contributed by atoms with E-state index in [-0.39, 0.29) is 16.8 Å². The minimum absolute atomic E-state index is 0.0343. The molecular formula is C14H21ClN2O3S. The summed E-state index contributed by atoms with van der Waals surface area (Å²) in [5.74, 6) is -0.209. The van der Waals surface area contributed by atoms with E-state index in [1.54, 1.807) is 36.0 Å². The Balaban J connectivity index is 3.39. The van der Waals surface area contributed by atoms with Gasteiger partial charge in [-0.2, -0.15) is 0 Å². The maximum absolute atomic E-state index is 12.5. The van der Waals surface area contributed by atoms with Crippen LogP contribution in [0.1, 0.15) is 31.1 Å². The molecule has 0 atom stereocenters. The van der Waals surface area contributed by atoms with E-state index < -0.39 is 9.05 Å². The van der Waals surface area contributed by atoms with Crippen LogP contribution < -0.4 is 4.90 Å². The van der Waals surface area contributed by atoms with Gasteiger partial charge in [0.1, 0.15) is 4.90 Å². The Morgan fingerprint density at radius 2 is 1.86 bits per heavy atom. The number of amides is 1. The molecule has 0 aromatic heterocycles. The van der Waals surface area contributed by atoms with Crippen LogP contribution in [0.25, 0.3) is 0 Å². The molecular weight excluding hydrogens is 312 g/mol. The summed E-state index contributed by atoms with van der Waals surface area (Å²) in [6, 6.07) is 4.59. The second-order valence-electron chi connectivity index (χ2n) is 5.20. The number of nitrogens with zero attached hydrogens (tertiary/aromatic N) is 2. The standard InChI is InChI=1S/C14H21ClN2O3S/c1-6-17(10(2)3)14(18)11-7-8-12(16(4)5)13(9-11)21(15,19)20/h7-10H,6H2,1-5H3. The lowest BCUT2D eigenvalue weighted by Gasteiger charge is -2.26. The predicted octanol–water partition coefficient (Wildman–Crippen LogP) is 2.55. The Hall–Kier alpha value is -1.27. The quantitative estimate of drug-likeness (QED) is 0.777. The van der Waals surface area contributed by atoms with E-state index in [1.165, 1.54) is 6.07 Å². The molecule has 1 amide bonds. The Kier molecular flexibility index (Phi) is 5.64. The van der Waals surface area contributed by atoms with Crippen molar-refractivity contribution in [2.24, 2.45) is 0 Å². The highest BCUT2D eigenvalue weighted by Crippen LogP contribution is 2.28. The summed E-state index contributed by atoms with van der Waals surface area (Å²) < 4.78 is 23.4. The maximum atomic E-state index is 12.5. The van der Waals surface area contributed by atoms with Gasteiger partial charge in [-0.3, -0.25) is 4.79 Å². The molecule has 5 nitrogen and oxygen atoms in total. The van der Waals surface area contributed by atoms with Crippen molar-refractivity contribution in [3.63, 3.8) is 0 Å². The third kappa shape index (κ3) is 4.11. The van der Waals surface area contributed by atoms with Gasteiger partial charge in [-0.15, -0.1) is 0 Å². The molecule has 0 saturated carbocycles. The smallest absolute Gasteiger partial charge is 0.263 e. The summed E-state index contributed by atoms with van der Waals surface area (Å²) in [5.41, 5.74) is 0.768. The van der Waals surface area contributed by atoms with E-state index in [4.69, 9.17) is 10.7 Å². The summed E-state index contributed by atoms with van der Waals surface area (Å²) >= 11 is 0. The third-order valence-corrected chi connectivity index (χ3v) is 4.53. The molecule has 118 valence electrons. The molecule has 1 rings (SSSR count). The van der Waals surface area contributed by atoms with Crippen molar-refractivity contribution in [2.45, 2.75) is 31.7 Å². The number of hydrogen-bond acceptors (Lipinski definition) is 4. The summed E-state index contributed by atoms with van der Waals surface area (Å²) in [6.07, 6.45) is 0. The first kappa shape index (κ1) is 17.8. The highest BCUT2D eigenvalue weighted by Gasteiger charge is 2.22. The Morgan fingerprint density at radius 3 is 2.24 bits per heavy atom. The Labute approximate surface area is 130 Å². The van der Waals surface area contributed by atoms with Gasteiger partial charge in [0.2, 0.25) is 0 Å². The minimum Gasteiger partial charge on any atom is -0.377 e. The first-order chi connectivity index (χ1) is 9.59. The minimum atomic E-state index is -3.93. The summed E-state index contributed by atoms with van der Waals surface area (Å²) in [5, 5.41) is 0. The van der Waals surface area contributed by atoms with Crippen LogP contribution in [0.3, 0.4) is 0 Å². The van der Waals surface area contributed by atoms with Crippen molar-refractivity contribution >= 4 is 31.3 Å². The average molecular weight is 333 g/mol. The van der Waals surface area contributed by atoms with Gasteiger partial charge in [-0.25, -0.2) is 8.42 Å². The van der Waals surface area contributed by atoms with E-state index in [2.05, 4.69) is 0 Å². The lowest BCUT2D eigenvalue weighted by Crippen LogP contribution is -2.36. The van der Waals surface area contributed by atoms with Crippen molar-refractivity contribution in [3.8, 4) is 0 Å². The van der Waals surface area contributed by atoms with Crippen LogP contribution in [0.2, 0.25) is 0 Å². The van der Waals surface area contributed by atoms with Crippen LogP contribution in [0, 0.1) is 0 Å². The Morgan fingerprint density at radius 1 is 1.29 bits per heavy atom. The first-order valence-corrected chi connectivity index (χ1v) is 8.97. The lowest BCUT2D eigenvalue weighted by atomic mass is 10.1. The molecule has 0 radical (unpaired) electrons.